The molecule has 5 rings (SSSR count). The van der Waals surface area contributed by atoms with Crippen molar-refractivity contribution in [1.82, 2.24) is 14.9 Å². The van der Waals surface area contributed by atoms with Gasteiger partial charge in [-0.1, -0.05) is 12.1 Å². The number of hydrogen-bond donors (Lipinski definition) is 2. The van der Waals surface area contributed by atoms with Gasteiger partial charge >= 0.3 is 6.03 Å². The number of halogens is 1. The number of aromatic amines is 1. The van der Waals surface area contributed by atoms with Gasteiger partial charge in [-0.3, -0.25) is 0 Å². The molecule has 1 unspecified atom stereocenters. The normalized spacial score (nSPS) is 16.0. The lowest BCUT2D eigenvalue weighted by Crippen LogP contribution is -2.42. The number of likely N-dealkylation sites (tertiary alicyclic amines) is 1. The summed E-state index contributed by atoms with van der Waals surface area (Å²) in [5.74, 6) is 1.40. The Bertz CT molecular complexity index is 1250. The molecular formula is C26H25FN4O2. The summed E-state index contributed by atoms with van der Waals surface area (Å²) in [6.45, 7) is 1.45. The second-order valence-corrected chi connectivity index (χ2v) is 8.39. The highest BCUT2D eigenvalue weighted by Crippen LogP contribution is 2.27. The molecule has 3 heterocycles. The zero-order valence-corrected chi connectivity index (χ0v) is 18.1. The van der Waals surface area contributed by atoms with Crippen LogP contribution in [0.4, 0.5) is 14.9 Å². The van der Waals surface area contributed by atoms with E-state index in [1.165, 1.54) is 12.1 Å². The molecule has 1 atom stereocenters. The lowest BCUT2D eigenvalue weighted by atomic mass is 9.91. The van der Waals surface area contributed by atoms with E-state index in [1.54, 1.807) is 18.3 Å². The summed E-state index contributed by atoms with van der Waals surface area (Å²) in [7, 11) is 0. The first-order valence-corrected chi connectivity index (χ1v) is 11.1. The van der Waals surface area contributed by atoms with Gasteiger partial charge in [-0.2, -0.15) is 0 Å². The van der Waals surface area contributed by atoms with Crippen molar-refractivity contribution in [2.24, 2.45) is 5.92 Å². The Morgan fingerprint density at radius 3 is 2.91 bits per heavy atom. The fourth-order valence-electron chi connectivity index (χ4n) is 4.39. The minimum Gasteiger partial charge on any atom is -0.457 e. The van der Waals surface area contributed by atoms with Crippen molar-refractivity contribution in [3.8, 4) is 11.5 Å². The molecule has 33 heavy (non-hydrogen) atoms. The second kappa shape index (κ2) is 9.32. The second-order valence-electron chi connectivity index (χ2n) is 8.39. The first-order chi connectivity index (χ1) is 16.1. The molecule has 2 amide bonds. The van der Waals surface area contributed by atoms with Gasteiger partial charge in [-0.15, -0.1) is 0 Å². The summed E-state index contributed by atoms with van der Waals surface area (Å²) in [6, 6.07) is 17.6. The molecule has 2 aromatic heterocycles. The Morgan fingerprint density at radius 2 is 2.03 bits per heavy atom. The smallest absolute Gasteiger partial charge is 0.321 e. The maximum atomic E-state index is 13.1. The third-order valence-electron chi connectivity index (χ3n) is 5.98. The van der Waals surface area contributed by atoms with Crippen molar-refractivity contribution in [3.05, 3.63) is 84.4 Å². The molecule has 0 saturated carbocycles. The van der Waals surface area contributed by atoms with Crippen LogP contribution in [0.5, 0.6) is 11.5 Å². The van der Waals surface area contributed by atoms with E-state index in [-0.39, 0.29) is 11.8 Å². The van der Waals surface area contributed by atoms with Crippen LogP contribution < -0.4 is 10.1 Å². The van der Waals surface area contributed by atoms with Crippen LogP contribution in [0.3, 0.4) is 0 Å². The van der Waals surface area contributed by atoms with Crippen LogP contribution in [0, 0.1) is 11.7 Å². The average molecular weight is 445 g/mol. The lowest BCUT2D eigenvalue weighted by molar-refractivity contribution is 0.177. The number of carbonyl (C=O) groups excluding carboxylic acids is 1. The van der Waals surface area contributed by atoms with Crippen LogP contribution in [0.25, 0.3) is 11.0 Å². The molecule has 0 aliphatic carbocycles. The molecule has 2 N–H and O–H groups in total. The number of H-pyrrole nitrogens is 1. The van der Waals surface area contributed by atoms with Gasteiger partial charge in [0.2, 0.25) is 0 Å². The maximum Gasteiger partial charge on any atom is 0.321 e. The van der Waals surface area contributed by atoms with Crippen molar-refractivity contribution < 1.29 is 13.9 Å². The predicted octanol–water partition coefficient (Wildman–Crippen LogP) is 5.98. The Kier molecular flexibility index (Phi) is 5.93. The van der Waals surface area contributed by atoms with Crippen molar-refractivity contribution >= 4 is 22.8 Å². The number of ether oxygens (including phenoxy) is 1. The Labute approximate surface area is 191 Å². The number of benzene rings is 2. The van der Waals surface area contributed by atoms with Crippen LogP contribution in [0.1, 0.15) is 18.4 Å². The van der Waals surface area contributed by atoms with Crippen molar-refractivity contribution in [1.29, 1.82) is 0 Å². The SMILES string of the molecule is O=C(Nc1ccnc2[nH]ccc12)N1CCCC(Cc2cccc(Oc3ccc(F)cc3)c2)C1. The molecule has 1 aliphatic heterocycles. The highest BCUT2D eigenvalue weighted by Gasteiger charge is 2.24. The number of carbonyl (C=O) groups is 1. The maximum absolute atomic E-state index is 13.1. The Morgan fingerprint density at radius 1 is 1.15 bits per heavy atom. The van der Waals surface area contributed by atoms with Crippen LogP contribution >= 0.6 is 0 Å². The van der Waals surface area contributed by atoms with E-state index in [2.05, 4.69) is 21.4 Å². The minimum absolute atomic E-state index is 0.0817. The molecule has 1 aliphatic rings. The van der Waals surface area contributed by atoms with Crippen LogP contribution in [0.15, 0.2) is 73.1 Å². The molecule has 4 aromatic rings. The molecule has 168 valence electrons. The zero-order valence-electron chi connectivity index (χ0n) is 18.1. The van der Waals surface area contributed by atoms with Crippen LogP contribution in [-0.4, -0.2) is 34.0 Å². The number of urea groups is 1. The van der Waals surface area contributed by atoms with E-state index >= 15 is 0 Å². The first-order valence-electron chi connectivity index (χ1n) is 11.1. The van der Waals surface area contributed by atoms with Crippen molar-refractivity contribution in [2.75, 3.05) is 18.4 Å². The first kappa shape index (κ1) is 21.0. The third kappa shape index (κ3) is 4.98. The van der Waals surface area contributed by atoms with E-state index in [1.807, 2.05) is 41.4 Å². The molecule has 1 saturated heterocycles. The molecule has 1 fully saturated rings. The number of nitrogens with zero attached hydrogens (tertiary/aromatic N) is 2. The quantitative estimate of drug-likeness (QED) is 0.398. The van der Waals surface area contributed by atoms with Gasteiger partial charge in [-0.25, -0.2) is 14.2 Å². The zero-order chi connectivity index (χ0) is 22.6. The Balaban J connectivity index is 1.21. The van der Waals surface area contributed by atoms with Gasteiger partial charge in [0.05, 0.1) is 5.69 Å². The number of pyridine rings is 1. The highest BCUT2D eigenvalue weighted by atomic mass is 19.1. The molecule has 2 aromatic carbocycles. The molecule has 0 radical (unpaired) electrons. The van der Waals surface area contributed by atoms with E-state index < -0.39 is 0 Å². The summed E-state index contributed by atoms with van der Waals surface area (Å²) < 4.78 is 19.0. The topological polar surface area (TPSA) is 70.2 Å². The third-order valence-corrected chi connectivity index (χ3v) is 5.98. The highest BCUT2D eigenvalue weighted by molar-refractivity contribution is 5.99. The largest absolute Gasteiger partial charge is 0.457 e. The molecular weight excluding hydrogens is 419 g/mol. The number of fused-ring (bicyclic) bond motifs is 1. The molecule has 0 spiro atoms. The number of nitrogens with one attached hydrogen (secondary N) is 2. The minimum atomic E-state index is -0.288. The predicted molar refractivity (Wildman–Crippen MR) is 126 cm³/mol. The van der Waals surface area contributed by atoms with Crippen LogP contribution in [-0.2, 0) is 6.42 Å². The summed E-state index contributed by atoms with van der Waals surface area (Å²) >= 11 is 0. The van der Waals surface area contributed by atoms with E-state index in [0.29, 0.717) is 18.2 Å². The number of rotatable bonds is 5. The average Bonchev–Trinajstić information content (AvgIpc) is 3.31. The number of hydrogen-bond acceptors (Lipinski definition) is 3. The summed E-state index contributed by atoms with van der Waals surface area (Å²) in [6.07, 6.45) is 6.41. The molecule has 6 nitrogen and oxygen atoms in total. The van der Waals surface area contributed by atoms with Gasteiger partial charge in [0.15, 0.2) is 0 Å². The fraction of sp³-hybridized carbons (Fsp3) is 0.231. The summed E-state index contributed by atoms with van der Waals surface area (Å²) in [5.41, 5.74) is 2.68. The van der Waals surface area contributed by atoms with E-state index in [9.17, 15) is 9.18 Å². The van der Waals surface area contributed by atoms with Crippen LogP contribution in [0.2, 0.25) is 0 Å². The van der Waals surface area contributed by atoms with E-state index in [0.717, 1.165) is 53.8 Å². The van der Waals surface area contributed by atoms with Gasteiger partial charge in [0.25, 0.3) is 0 Å². The van der Waals surface area contributed by atoms with Gasteiger partial charge < -0.3 is 19.9 Å². The number of piperidine rings is 1. The monoisotopic (exact) mass is 444 g/mol. The Hall–Kier alpha value is -3.87. The van der Waals surface area contributed by atoms with Crippen molar-refractivity contribution in [2.45, 2.75) is 19.3 Å². The number of aromatic nitrogens is 2. The standard InChI is InChI=1S/C26H25FN4O2/c27-20-6-8-21(9-7-20)33-22-5-1-3-18(16-22)15-19-4-2-14-31(17-19)26(32)30-24-11-13-29-25-23(24)10-12-28-25/h1,3,5-13,16,19H,2,4,14-15,17H2,(H2,28,29,30,32). The van der Waals surface area contributed by atoms with Gasteiger partial charge in [0.1, 0.15) is 23.0 Å². The molecule has 0 bridgehead atoms. The number of anilines is 1. The van der Waals surface area contributed by atoms with E-state index in [4.69, 9.17) is 4.74 Å². The van der Waals surface area contributed by atoms with Gasteiger partial charge in [0, 0.05) is 30.9 Å². The van der Waals surface area contributed by atoms with Crippen molar-refractivity contribution in [3.63, 3.8) is 0 Å². The fourth-order valence-corrected chi connectivity index (χ4v) is 4.39. The molecule has 7 heteroatoms. The number of amides is 2. The lowest BCUT2D eigenvalue weighted by Gasteiger charge is -2.33. The summed E-state index contributed by atoms with van der Waals surface area (Å²) in [5, 5.41) is 3.95. The van der Waals surface area contributed by atoms with Gasteiger partial charge in [-0.05, 0) is 79.3 Å². The summed E-state index contributed by atoms with van der Waals surface area (Å²) in [4.78, 5) is 22.2.